The lowest BCUT2D eigenvalue weighted by Crippen LogP contribution is -2.40. The van der Waals surface area contributed by atoms with Crippen molar-refractivity contribution in [2.45, 2.75) is 32.1 Å². The highest BCUT2D eigenvalue weighted by molar-refractivity contribution is 5.75. The first-order valence-corrected chi connectivity index (χ1v) is 6.51. The largest absolute Gasteiger partial charge is 0.480 e. The van der Waals surface area contributed by atoms with E-state index in [2.05, 4.69) is 0 Å². The first-order valence-electron chi connectivity index (χ1n) is 6.51. The van der Waals surface area contributed by atoms with Gasteiger partial charge in [-0.25, -0.2) is 0 Å². The molecule has 4 bridgehead atoms. The Labute approximate surface area is 101 Å². The van der Waals surface area contributed by atoms with Gasteiger partial charge in [-0.15, -0.1) is 0 Å². The van der Waals surface area contributed by atoms with Crippen molar-refractivity contribution in [3.05, 3.63) is 11.6 Å². The summed E-state index contributed by atoms with van der Waals surface area (Å²) in [5.74, 6) is 0.972. The predicted octanol–water partition coefficient (Wildman–Crippen LogP) is 2.59. The summed E-state index contributed by atoms with van der Waals surface area (Å²) in [6, 6.07) is 1.88. The van der Waals surface area contributed by atoms with Crippen LogP contribution in [0.4, 0.5) is 0 Å². The Bertz CT molecular complexity index is 388. The molecule has 0 amide bonds. The summed E-state index contributed by atoms with van der Waals surface area (Å²) < 4.78 is 0. The zero-order valence-electron chi connectivity index (χ0n) is 9.80. The van der Waals surface area contributed by atoms with Gasteiger partial charge in [-0.2, -0.15) is 5.26 Å². The second-order valence-corrected chi connectivity index (χ2v) is 5.92. The van der Waals surface area contributed by atoms with E-state index in [0.717, 1.165) is 11.8 Å². The van der Waals surface area contributed by atoms with Gasteiger partial charge in [-0.3, -0.25) is 4.79 Å². The third-order valence-electron chi connectivity index (χ3n) is 4.85. The Morgan fingerprint density at radius 3 is 2.18 bits per heavy atom. The molecule has 17 heavy (non-hydrogen) atoms. The fourth-order valence-electron chi connectivity index (χ4n) is 4.36. The lowest BCUT2D eigenvalue weighted by atomic mass is 9.54. The number of allylic oxidation sites excluding steroid dienone is 1. The minimum absolute atomic E-state index is 0.585. The molecule has 0 aliphatic heterocycles. The molecule has 90 valence electrons. The Balaban J connectivity index is 1.87. The van der Waals surface area contributed by atoms with Crippen LogP contribution in [0.1, 0.15) is 32.1 Å². The van der Waals surface area contributed by atoms with Crippen LogP contribution in [0.2, 0.25) is 0 Å². The van der Waals surface area contributed by atoms with Gasteiger partial charge in [0, 0.05) is 0 Å². The molecule has 0 spiro atoms. The van der Waals surface area contributed by atoms with Crippen molar-refractivity contribution in [1.29, 1.82) is 5.26 Å². The normalized spacial score (nSPS) is 39.8. The summed E-state index contributed by atoms with van der Waals surface area (Å²) in [5.41, 5.74) is 1.30. The molecule has 1 N–H and O–H groups in total. The highest BCUT2D eigenvalue weighted by atomic mass is 16.4. The molecular formula is C14H17NO2. The van der Waals surface area contributed by atoms with E-state index in [0.29, 0.717) is 11.8 Å². The van der Waals surface area contributed by atoms with Gasteiger partial charge < -0.3 is 5.11 Å². The van der Waals surface area contributed by atoms with Crippen LogP contribution in [-0.4, -0.2) is 11.1 Å². The van der Waals surface area contributed by atoms with Crippen molar-refractivity contribution >= 4 is 5.97 Å². The maximum Gasteiger partial charge on any atom is 0.324 e. The van der Waals surface area contributed by atoms with E-state index in [4.69, 9.17) is 10.4 Å². The van der Waals surface area contributed by atoms with Crippen LogP contribution in [0, 0.1) is 40.9 Å². The number of carbonyl (C=O) groups is 1. The molecular weight excluding hydrogens is 214 g/mol. The van der Waals surface area contributed by atoms with Gasteiger partial charge >= 0.3 is 5.97 Å². The van der Waals surface area contributed by atoms with Crippen LogP contribution < -0.4 is 0 Å². The molecule has 4 aliphatic rings. The van der Waals surface area contributed by atoms with Crippen LogP contribution in [0.5, 0.6) is 0 Å². The minimum Gasteiger partial charge on any atom is -0.480 e. The molecule has 3 heteroatoms. The summed E-state index contributed by atoms with van der Waals surface area (Å²) in [7, 11) is 0. The van der Waals surface area contributed by atoms with Gasteiger partial charge in [-0.1, -0.05) is 11.6 Å². The Morgan fingerprint density at radius 1 is 1.24 bits per heavy atom. The number of carboxylic acid groups (broad SMARTS) is 1. The monoisotopic (exact) mass is 231 g/mol. The van der Waals surface area contributed by atoms with Gasteiger partial charge in [0.1, 0.15) is 0 Å². The minimum atomic E-state index is -1.01. The van der Waals surface area contributed by atoms with Crippen LogP contribution in [0.15, 0.2) is 11.6 Å². The molecule has 4 aliphatic carbocycles. The van der Waals surface area contributed by atoms with E-state index < -0.39 is 11.9 Å². The second-order valence-electron chi connectivity index (χ2n) is 5.92. The molecule has 0 heterocycles. The number of nitrogens with zero attached hydrogens (tertiary/aromatic N) is 1. The van der Waals surface area contributed by atoms with E-state index in [-0.39, 0.29) is 0 Å². The maximum absolute atomic E-state index is 10.9. The molecule has 0 aromatic heterocycles. The van der Waals surface area contributed by atoms with E-state index in [1.54, 1.807) is 6.08 Å². The van der Waals surface area contributed by atoms with E-state index in [9.17, 15) is 4.79 Å². The molecule has 3 nitrogen and oxygen atoms in total. The van der Waals surface area contributed by atoms with E-state index in [1.807, 2.05) is 6.07 Å². The molecule has 0 saturated heterocycles. The second kappa shape index (κ2) is 3.87. The summed E-state index contributed by atoms with van der Waals surface area (Å²) in [4.78, 5) is 10.9. The standard InChI is InChI=1S/C14H17NO2/c15-7-12(14(16)17)6-13-10-2-8-1-9(4-10)5-11(13)3-8/h6,8-12H,1-5H2,(H,16,17). The molecule has 1 unspecified atom stereocenters. The maximum atomic E-state index is 10.9. The number of hydrogen-bond acceptors (Lipinski definition) is 2. The first kappa shape index (κ1) is 10.8. The van der Waals surface area contributed by atoms with E-state index in [1.165, 1.54) is 37.7 Å². The van der Waals surface area contributed by atoms with Crippen molar-refractivity contribution in [1.82, 2.24) is 0 Å². The average molecular weight is 231 g/mol. The Morgan fingerprint density at radius 2 is 1.76 bits per heavy atom. The number of carboxylic acids is 1. The Kier molecular flexibility index (Phi) is 2.47. The van der Waals surface area contributed by atoms with Crippen LogP contribution in [0.3, 0.4) is 0 Å². The zero-order chi connectivity index (χ0) is 12.0. The van der Waals surface area contributed by atoms with Crippen LogP contribution in [0.25, 0.3) is 0 Å². The predicted molar refractivity (Wildman–Crippen MR) is 61.9 cm³/mol. The first-order chi connectivity index (χ1) is 8.17. The third-order valence-corrected chi connectivity index (χ3v) is 4.85. The fraction of sp³-hybridized carbons (Fsp3) is 0.714. The van der Waals surface area contributed by atoms with Crippen molar-refractivity contribution < 1.29 is 9.90 Å². The van der Waals surface area contributed by atoms with Gasteiger partial charge in [-0.05, 0) is 55.8 Å². The number of aliphatic carboxylic acids is 1. The summed E-state index contributed by atoms with van der Waals surface area (Å²) in [6.45, 7) is 0. The molecule has 1 atom stereocenters. The lowest BCUT2D eigenvalue weighted by Gasteiger charge is -2.51. The average Bonchev–Trinajstić information content (AvgIpc) is 2.27. The fourth-order valence-corrected chi connectivity index (χ4v) is 4.36. The summed E-state index contributed by atoms with van der Waals surface area (Å²) >= 11 is 0. The number of nitriles is 1. The van der Waals surface area contributed by atoms with Gasteiger partial charge in [0.2, 0.25) is 0 Å². The highest BCUT2D eigenvalue weighted by Crippen LogP contribution is 2.56. The molecule has 4 fully saturated rings. The summed E-state index contributed by atoms with van der Waals surface area (Å²) in [6.07, 6.45) is 8.08. The molecule has 4 saturated carbocycles. The smallest absolute Gasteiger partial charge is 0.324 e. The number of rotatable bonds is 2. The molecule has 0 aromatic carbocycles. The quantitative estimate of drug-likeness (QED) is 0.743. The van der Waals surface area contributed by atoms with Crippen molar-refractivity contribution in [3.63, 3.8) is 0 Å². The van der Waals surface area contributed by atoms with E-state index >= 15 is 0 Å². The molecule has 4 rings (SSSR count). The van der Waals surface area contributed by atoms with Crippen molar-refractivity contribution in [2.75, 3.05) is 0 Å². The van der Waals surface area contributed by atoms with Gasteiger partial charge in [0.05, 0.1) is 6.07 Å². The SMILES string of the molecule is N#CC(C=C1C2CC3CC(C2)CC1C3)C(=O)O. The topological polar surface area (TPSA) is 61.1 Å². The zero-order valence-corrected chi connectivity index (χ0v) is 9.80. The highest BCUT2D eigenvalue weighted by Gasteiger charge is 2.45. The lowest BCUT2D eigenvalue weighted by molar-refractivity contribution is -0.138. The van der Waals surface area contributed by atoms with Gasteiger partial charge in [0.25, 0.3) is 0 Å². The van der Waals surface area contributed by atoms with Crippen molar-refractivity contribution in [2.24, 2.45) is 29.6 Å². The Hall–Kier alpha value is -1.30. The van der Waals surface area contributed by atoms with Crippen molar-refractivity contribution in [3.8, 4) is 6.07 Å². The molecule has 0 aromatic rings. The van der Waals surface area contributed by atoms with Gasteiger partial charge in [0.15, 0.2) is 5.92 Å². The molecule has 0 radical (unpaired) electrons. The summed E-state index contributed by atoms with van der Waals surface area (Å²) in [5, 5.41) is 17.8. The number of hydrogen-bond donors (Lipinski definition) is 1. The van der Waals surface area contributed by atoms with Crippen LogP contribution >= 0.6 is 0 Å². The third kappa shape index (κ3) is 1.76. The van der Waals surface area contributed by atoms with Crippen LogP contribution in [-0.2, 0) is 4.79 Å².